The summed E-state index contributed by atoms with van der Waals surface area (Å²) < 4.78 is 21.2. The van der Waals surface area contributed by atoms with Crippen molar-refractivity contribution in [3.63, 3.8) is 0 Å². The molecule has 0 fully saturated rings. The van der Waals surface area contributed by atoms with Crippen molar-refractivity contribution >= 4 is 7.60 Å². The van der Waals surface area contributed by atoms with Gasteiger partial charge in [0.1, 0.15) is 0 Å². The lowest BCUT2D eigenvalue weighted by atomic mass is 10.7. The van der Waals surface area contributed by atoms with Crippen LogP contribution in [0.4, 0.5) is 0 Å². The highest BCUT2D eigenvalue weighted by Crippen LogP contribution is 2.49. The van der Waals surface area contributed by atoms with E-state index in [2.05, 4.69) is 0 Å². The highest BCUT2D eigenvalue weighted by molar-refractivity contribution is 7.57. The Balaban J connectivity index is 4.40. The van der Waals surface area contributed by atoms with E-state index in [9.17, 15) is 9.67 Å². The van der Waals surface area contributed by atoms with Gasteiger partial charge >= 0.3 is 7.60 Å². The van der Waals surface area contributed by atoms with Crippen LogP contribution < -0.4 is 5.11 Å². The maximum absolute atomic E-state index is 11.5. The zero-order chi connectivity index (χ0) is 9.61. The maximum atomic E-state index is 11.5. The quantitative estimate of drug-likeness (QED) is 0.490. The molecule has 0 amide bonds. The average Bonchev–Trinajstić information content (AvgIpc) is 1.85. The van der Waals surface area contributed by atoms with Crippen LogP contribution in [0.2, 0.25) is 0 Å². The standard InChI is InChI=1S/C7H15O4P/c1-4-10-12(9,11-5-2)6-7(3)8/h6,8H,4-5H2,1-3H3/p-1/b7-6-. The fourth-order valence-electron chi connectivity index (χ4n) is 0.694. The average molecular weight is 193 g/mol. The Bertz CT molecular complexity index is 186. The Morgan fingerprint density at radius 3 is 2.08 bits per heavy atom. The van der Waals surface area contributed by atoms with Gasteiger partial charge in [0.2, 0.25) is 0 Å². The van der Waals surface area contributed by atoms with Crippen LogP contribution in [-0.4, -0.2) is 13.2 Å². The number of hydrogen-bond donors (Lipinski definition) is 0. The lowest BCUT2D eigenvalue weighted by Gasteiger charge is -2.15. The molecule has 4 nitrogen and oxygen atoms in total. The second kappa shape index (κ2) is 5.36. The van der Waals surface area contributed by atoms with Crippen LogP contribution in [0.15, 0.2) is 11.6 Å². The van der Waals surface area contributed by atoms with E-state index < -0.39 is 7.60 Å². The van der Waals surface area contributed by atoms with E-state index in [0.29, 0.717) is 0 Å². The van der Waals surface area contributed by atoms with Crippen molar-refractivity contribution < 1.29 is 18.7 Å². The third kappa shape index (κ3) is 4.54. The predicted molar refractivity (Wildman–Crippen MR) is 44.6 cm³/mol. The Hall–Kier alpha value is -0.310. The minimum Gasteiger partial charge on any atom is -0.875 e. The summed E-state index contributed by atoms with van der Waals surface area (Å²) in [5.41, 5.74) is 0. The molecule has 0 radical (unpaired) electrons. The van der Waals surface area contributed by atoms with Crippen LogP contribution in [0, 0.1) is 0 Å². The summed E-state index contributed by atoms with van der Waals surface area (Å²) in [5.74, 6) is 0.695. The van der Waals surface area contributed by atoms with Gasteiger partial charge in [0.15, 0.2) is 0 Å². The van der Waals surface area contributed by atoms with Crippen LogP contribution in [0.5, 0.6) is 0 Å². The van der Waals surface area contributed by atoms with Crippen molar-refractivity contribution in [2.24, 2.45) is 0 Å². The van der Waals surface area contributed by atoms with Crippen LogP contribution in [0.3, 0.4) is 0 Å². The van der Waals surface area contributed by atoms with E-state index in [4.69, 9.17) is 9.05 Å². The maximum Gasteiger partial charge on any atom is 0.353 e. The Morgan fingerprint density at radius 2 is 1.83 bits per heavy atom. The molecule has 0 aromatic heterocycles. The summed E-state index contributed by atoms with van der Waals surface area (Å²) in [7, 11) is -3.25. The predicted octanol–water partition coefficient (Wildman–Crippen LogP) is 1.47. The van der Waals surface area contributed by atoms with E-state index in [-0.39, 0.29) is 19.0 Å². The SMILES string of the molecule is CCOP(=O)(/C=C(/C)[O-])OCC. The summed E-state index contributed by atoms with van der Waals surface area (Å²) in [6.45, 7) is 5.23. The molecular formula is C7H14O4P-. The normalized spacial score (nSPS) is 13.4. The van der Waals surface area contributed by atoms with Crippen molar-refractivity contribution in [3.8, 4) is 0 Å². The molecule has 0 aliphatic heterocycles. The number of rotatable bonds is 5. The summed E-state index contributed by atoms with van der Waals surface area (Å²) >= 11 is 0. The largest absolute Gasteiger partial charge is 0.875 e. The zero-order valence-electron chi connectivity index (χ0n) is 7.57. The first-order chi connectivity index (χ1) is 5.54. The van der Waals surface area contributed by atoms with Crippen LogP contribution in [0.25, 0.3) is 0 Å². The summed E-state index contributed by atoms with van der Waals surface area (Å²) in [4.78, 5) is 0. The highest BCUT2D eigenvalue weighted by atomic mass is 31.2. The molecule has 0 aliphatic carbocycles. The van der Waals surface area contributed by atoms with Gasteiger partial charge < -0.3 is 14.2 Å². The van der Waals surface area contributed by atoms with Gasteiger partial charge in [-0.3, -0.25) is 4.57 Å². The third-order valence-electron chi connectivity index (χ3n) is 0.958. The van der Waals surface area contributed by atoms with Crippen molar-refractivity contribution in [1.29, 1.82) is 0 Å². The fraction of sp³-hybridized carbons (Fsp3) is 0.714. The lowest BCUT2D eigenvalue weighted by molar-refractivity contribution is -0.301. The first-order valence-corrected chi connectivity index (χ1v) is 5.40. The van der Waals surface area contributed by atoms with Gasteiger partial charge in [-0.1, -0.05) is 6.92 Å². The number of allylic oxidation sites excluding steroid dienone is 1. The Kier molecular flexibility index (Phi) is 5.22. The topological polar surface area (TPSA) is 58.6 Å². The summed E-state index contributed by atoms with van der Waals surface area (Å²) in [6.07, 6.45) is 0. The van der Waals surface area contributed by atoms with Crippen LogP contribution in [0.1, 0.15) is 20.8 Å². The molecule has 72 valence electrons. The minimum absolute atomic E-state index is 0.265. The van der Waals surface area contributed by atoms with Gasteiger partial charge in [-0.2, -0.15) is 0 Å². The molecule has 0 aromatic carbocycles. The first kappa shape index (κ1) is 11.7. The smallest absolute Gasteiger partial charge is 0.353 e. The first-order valence-electron chi connectivity index (χ1n) is 3.79. The molecule has 0 rings (SSSR count). The van der Waals surface area contributed by atoms with E-state index in [0.717, 1.165) is 5.82 Å². The van der Waals surface area contributed by atoms with Gasteiger partial charge in [0, 0.05) is 5.82 Å². The molecule has 0 saturated carbocycles. The Morgan fingerprint density at radius 1 is 1.42 bits per heavy atom. The van der Waals surface area contributed by atoms with Crippen molar-refractivity contribution in [2.75, 3.05) is 13.2 Å². The second-order valence-corrected chi connectivity index (χ2v) is 3.97. The van der Waals surface area contributed by atoms with E-state index in [1.165, 1.54) is 6.92 Å². The molecule has 0 bridgehead atoms. The zero-order valence-corrected chi connectivity index (χ0v) is 8.47. The summed E-state index contributed by atoms with van der Waals surface area (Å²) in [5, 5.41) is 10.6. The molecular weight excluding hydrogens is 179 g/mol. The molecule has 0 atom stereocenters. The highest BCUT2D eigenvalue weighted by Gasteiger charge is 2.18. The lowest BCUT2D eigenvalue weighted by Crippen LogP contribution is -2.00. The molecule has 5 heteroatoms. The van der Waals surface area contributed by atoms with Crippen molar-refractivity contribution in [3.05, 3.63) is 11.6 Å². The Labute approximate surface area is 72.7 Å². The van der Waals surface area contributed by atoms with E-state index >= 15 is 0 Å². The van der Waals surface area contributed by atoms with Gasteiger partial charge in [0.25, 0.3) is 0 Å². The van der Waals surface area contributed by atoms with Gasteiger partial charge in [-0.15, -0.1) is 5.76 Å². The molecule has 0 N–H and O–H groups in total. The van der Waals surface area contributed by atoms with Crippen molar-refractivity contribution in [2.45, 2.75) is 20.8 Å². The van der Waals surface area contributed by atoms with Gasteiger partial charge in [-0.25, -0.2) is 0 Å². The molecule has 0 aliphatic rings. The molecule has 0 heterocycles. The minimum atomic E-state index is -3.25. The molecule has 0 spiro atoms. The van der Waals surface area contributed by atoms with Crippen LogP contribution >= 0.6 is 7.60 Å². The number of hydrogen-bond acceptors (Lipinski definition) is 4. The third-order valence-corrected chi connectivity index (χ3v) is 2.87. The summed E-state index contributed by atoms with van der Waals surface area (Å²) in [6, 6.07) is 0. The molecule has 12 heavy (non-hydrogen) atoms. The van der Waals surface area contributed by atoms with Crippen LogP contribution in [-0.2, 0) is 13.6 Å². The monoisotopic (exact) mass is 193 g/mol. The molecule has 0 saturated heterocycles. The van der Waals surface area contributed by atoms with Crippen molar-refractivity contribution in [1.82, 2.24) is 0 Å². The second-order valence-electron chi connectivity index (χ2n) is 2.12. The molecule has 0 unspecified atom stereocenters. The molecule has 0 aromatic rings. The van der Waals surface area contributed by atoms with Gasteiger partial charge in [0.05, 0.1) is 13.2 Å². The van der Waals surface area contributed by atoms with Gasteiger partial charge in [-0.05, 0) is 13.8 Å². The fourth-order valence-corrected chi connectivity index (χ4v) is 2.08. The van der Waals surface area contributed by atoms with E-state index in [1.807, 2.05) is 0 Å². The van der Waals surface area contributed by atoms with E-state index in [1.54, 1.807) is 13.8 Å².